The third-order valence-corrected chi connectivity index (χ3v) is 13.3. The van der Waals surface area contributed by atoms with Crippen LogP contribution in [0.15, 0.2) is 160 Å². The van der Waals surface area contributed by atoms with E-state index in [1.807, 2.05) is 0 Å². The summed E-state index contributed by atoms with van der Waals surface area (Å²) in [5, 5.41) is 99.3. The molecule has 0 heterocycles. The molecule has 0 spiro atoms. The number of azo groups is 4. The number of nitro groups is 2. The van der Waals surface area contributed by atoms with Gasteiger partial charge in [-0.05, 0) is 83.9 Å². The summed E-state index contributed by atoms with van der Waals surface area (Å²) in [6.07, 6.45) is 0. The average Bonchev–Trinajstić information content (AvgIpc) is 2.05. The second kappa shape index (κ2) is 28.3. The molecule has 8 rings (SSSR count). The molecule has 0 saturated heterocycles. The van der Waals surface area contributed by atoms with E-state index in [0.29, 0.717) is 23.3 Å². The monoisotopic (exact) mass is 1220 g/mol. The number of carbonyl (C=O) groups is 2. The number of methoxy groups -OCH3 is 2. The molecule has 0 unspecified atom stereocenters. The van der Waals surface area contributed by atoms with E-state index in [0.717, 1.165) is 36.4 Å². The number of nitrogens with zero attached hydrogens (tertiary/aromatic N) is 10. The quantitative estimate of drug-likeness (QED) is 0.0170. The minimum Gasteiger partial charge on any atom is -0.744 e. The number of carboxylic acids is 2. The summed E-state index contributed by atoms with van der Waals surface area (Å²) in [6, 6.07) is 20.3. The number of carbonyl (C=O) groups excluding carboxylic acids is 2. The molecule has 30 nitrogen and oxygen atoms in total. The van der Waals surface area contributed by atoms with Crippen molar-refractivity contribution in [3.8, 4) is 34.1 Å². The summed E-state index contributed by atoms with van der Waals surface area (Å²) >= 11 is 0. The van der Waals surface area contributed by atoms with Crippen molar-refractivity contribution in [2.75, 3.05) is 25.7 Å². The number of rotatable bonds is 17. The van der Waals surface area contributed by atoms with Crippen LogP contribution in [0.5, 0.6) is 23.0 Å². The molecule has 0 amide bonds. The zero-order valence-electron chi connectivity index (χ0n) is 44.3. The summed E-state index contributed by atoms with van der Waals surface area (Å²) in [7, 11) is -8.46. The molecule has 0 bridgehead atoms. The largest absolute Gasteiger partial charge is 1.00 e. The van der Waals surface area contributed by atoms with Crippen molar-refractivity contribution >= 4 is 122 Å². The number of phenols is 2. The molecule has 6 N–H and O–H groups in total. The number of benzene rings is 8. The van der Waals surface area contributed by atoms with Gasteiger partial charge in [0.15, 0.2) is 11.5 Å². The summed E-state index contributed by atoms with van der Waals surface area (Å²) < 4.78 is 87.1. The Hall–Kier alpha value is -6.96. The van der Waals surface area contributed by atoms with Crippen molar-refractivity contribution in [3.05, 3.63) is 141 Å². The van der Waals surface area contributed by atoms with E-state index < -0.39 is 109 Å². The molecule has 0 aliphatic carbocycles. The average molecular weight is 1220 g/mol. The Morgan fingerprint density at radius 3 is 1.10 bits per heavy atom. The number of fused-ring (bicyclic) bond motifs is 2. The zero-order chi connectivity index (χ0) is 58.1. The van der Waals surface area contributed by atoms with Crippen LogP contribution in [0.3, 0.4) is 0 Å². The predicted molar refractivity (Wildman–Crippen MR) is 273 cm³/mol. The first-order valence-electron chi connectivity index (χ1n) is 21.9. The number of nitro benzene ring substituents is 2. The van der Waals surface area contributed by atoms with E-state index in [2.05, 4.69) is 40.9 Å². The summed E-state index contributed by atoms with van der Waals surface area (Å²) in [5.74, 6) is -5.44. The predicted octanol–water partition coefficient (Wildman–Crippen LogP) is -3.72. The van der Waals surface area contributed by atoms with Crippen LogP contribution in [0.25, 0.3) is 32.7 Å². The summed E-state index contributed by atoms with van der Waals surface area (Å²) in [4.78, 5) is 42.0. The summed E-state index contributed by atoms with van der Waals surface area (Å²) in [5.41, 5.74) is 6.71. The molecule has 84 heavy (non-hydrogen) atoms. The molecule has 8 aromatic rings. The number of non-ortho nitro benzene ring substituents is 2. The standard InChI is InChI=1S/C48H34N12O18S2.4Na/c1-77-37-15-21(3-11-35(37)53-57-43-39(79(71,72)73)19-27-25(45(43)61)7-9-31(49)41(27)55-51-33-13-5-23(59(67)68)17-29(33)47(63)64)22-4-12-36(38(16-22)78-2)54-58-44-40(80(74,75)76)20-28-26(46(44)62)8-10-32(50)42(28)56-52-34-14-6-24(60(69)70)18-30(34)48(65)66;;;;/h3-20,61-62H,49-50H2,1-2H3,(H,63,64)(H,65,66)(H,71,72,73)(H,74,75,76);;;;/q;4*+1/p-4. The first kappa shape index (κ1) is 69.5. The molecule has 0 radical (unpaired) electrons. The Morgan fingerprint density at radius 2 is 0.786 bits per heavy atom. The SMILES string of the molecule is COc1cc(-c2ccc(N=Nc3c(S(=O)(=O)[O-])cc4c(N=Nc5ccc([N+](=O)[O-])cc5C(=O)[O-])c(N)ccc4c3O)c(OC)c2)ccc1N=Nc1c(S(=O)(=O)[O-])cc2c(N=Nc3ccc([N+](=O)[O-])cc3C(=O)[O-])c(N)ccc2c1O.[Na+].[Na+].[Na+].[Na+]. The van der Waals surface area contributed by atoms with Crippen molar-refractivity contribution in [1.82, 2.24) is 0 Å². The van der Waals surface area contributed by atoms with Crippen molar-refractivity contribution in [3.63, 3.8) is 0 Å². The number of aromatic hydroxyl groups is 2. The normalized spacial score (nSPS) is 11.5. The van der Waals surface area contributed by atoms with Crippen LogP contribution >= 0.6 is 0 Å². The number of nitrogen functional groups attached to an aromatic ring is 2. The molecule has 0 fully saturated rings. The molecular weight excluding hydrogens is 1190 g/mol. The van der Waals surface area contributed by atoms with Crippen molar-refractivity contribution in [2.45, 2.75) is 9.79 Å². The van der Waals surface area contributed by atoms with E-state index in [-0.39, 0.29) is 185 Å². The third-order valence-electron chi connectivity index (χ3n) is 11.6. The first-order valence-corrected chi connectivity index (χ1v) is 24.7. The number of hydrogen-bond donors (Lipinski definition) is 4. The molecule has 36 heteroatoms. The van der Waals surface area contributed by atoms with E-state index in [9.17, 15) is 76.2 Å². The molecule has 0 aliphatic rings. The van der Waals surface area contributed by atoms with Gasteiger partial charge in [-0.15, -0.1) is 40.9 Å². The Labute approximate surface area is 560 Å². The Morgan fingerprint density at radius 1 is 0.464 bits per heavy atom. The van der Waals surface area contributed by atoms with Gasteiger partial charge in [0, 0.05) is 56.9 Å². The van der Waals surface area contributed by atoms with Gasteiger partial charge in [-0.2, -0.15) is 0 Å². The van der Waals surface area contributed by atoms with Gasteiger partial charge in [0.25, 0.3) is 11.4 Å². The van der Waals surface area contributed by atoms with E-state index in [4.69, 9.17) is 20.9 Å². The number of nitrogens with two attached hydrogens (primary N) is 2. The number of carboxylic acid groups (broad SMARTS) is 2. The first-order chi connectivity index (χ1) is 37.8. The van der Waals surface area contributed by atoms with Crippen LogP contribution in [-0.2, 0) is 20.2 Å². The van der Waals surface area contributed by atoms with Gasteiger partial charge in [-0.3, -0.25) is 20.2 Å². The van der Waals surface area contributed by atoms with E-state index in [1.54, 1.807) is 0 Å². The van der Waals surface area contributed by atoms with Crippen LogP contribution in [0.4, 0.5) is 68.2 Å². The van der Waals surface area contributed by atoms with E-state index in [1.165, 1.54) is 74.9 Å². The number of aromatic carboxylic acids is 2. The summed E-state index contributed by atoms with van der Waals surface area (Å²) in [6.45, 7) is 0. The van der Waals surface area contributed by atoms with Crippen LogP contribution < -0.4 is 149 Å². The maximum atomic E-state index is 12.7. The molecule has 8 aromatic carbocycles. The maximum absolute atomic E-state index is 12.7. The van der Waals surface area contributed by atoms with Crippen molar-refractivity contribution < 1.29 is 194 Å². The van der Waals surface area contributed by atoms with Crippen molar-refractivity contribution in [1.29, 1.82) is 0 Å². The van der Waals surface area contributed by atoms with Gasteiger partial charge >= 0.3 is 118 Å². The molecule has 0 atom stereocenters. The van der Waals surface area contributed by atoms with Crippen LogP contribution in [-0.4, -0.2) is 72.2 Å². The van der Waals surface area contributed by atoms with E-state index >= 15 is 0 Å². The van der Waals surface area contributed by atoms with Crippen LogP contribution in [0.2, 0.25) is 0 Å². The second-order valence-corrected chi connectivity index (χ2v) is 19.0. The second-order valence-electron chi connectivity index (χ2n) is 16.3. The molecule has 0 saturated carbocycles. The minimum atomic E-state index is -5.48. The number of anilines is 2. The topological polar surface area (TPSA) is 491 Å². The number of phenolic OH excluding ortho intramolecular Hbond substituents is 2. The Bertz CT molecular complexity index is 4110. The third kappa shape index (κ3) is 14.7. The van der Waals surface area contributed by atoms with Gasteiger partial charge < -0.3 is 60.1 Å². The number of ether oxygens (including phenoxy) is 2. The van der Waals surface area contributed by atoms with Crippen LogP contribution in [0.1, 0.15) is 20.7 Å². The molecule has 406 valence electrons. The van der Waals surface area contributed by atoms with Gasteiger partial charge in [-0.1, -0.05) is 12.1 Å². The van der Waals surface area contributed by atoms with Crippen LogP contribution in [0, 0.1) is 20.2 Å². The minimum absolute atomic E-state index is 0. The van der Waals surface area contributed by atoms with Gasteiger partial charge in [-0.25, -0.2) is 16.8 Å². The molecular formula is C48H30N12Na4O18S2. The van der Waals surface area contributed by atoms with Gasteiger partial charge in [0.1, 0.15) is 65.9 Å². The van der Waals surface area contributed by atoms with Crippen molar-refractivity contribution in [2.24, 2.45) is 40.9 Å². The fraction of sp³-hybridized carbons (Fsp3) is 0.0417. The fourth-order valence-electron chi connectivity index (χ4n) is 7.71. The van der Waals surface area contributed by atoms with Gasteiger partial charge in [0.05, 0.1) is 68.5 Å². The maximum Gasteiger partial charge on any atom is 1.00 e. The van der Waals surface area contributed by atoms with Gasteiger partial charge in [0.2, 0.25) is 0 Å². The number of hydrogen-bond acceptors (Lipinski definition) is 28. The Balaban J connectivity index is 0.00000378. The smallest absolute Gasteiger partial charge is 0.744 e. The fourth-order valence-corrected chi connectivity index (χ4v) is 8.98. The zero-order valence-corrected chi connectivity index (χ0v) is 53.9. The molecule has 0 aliphatic heterocycles. The Kier molecular flexibility index (Phi) is 23.4. The molecule has 0 aromatic heterocycles.